The van der Waals surface area contributed by atoms with Crippen molar-refractivity contribution >= 4 is 11.8 Å². The molecule has 2 heterocycles. The smallest absolute Gasteiger partial charge is 0.357 e. The lowest BCUT2D eigenvalue weighted by Gasteiger charge is -2.33. The Bertz CT molecular complexity index is 966. The van der Waals surface area contributed by atoms with Crippen LogP contribution in [0.2, 0.25) is 0 Å². The Balaban J connectivity index is 1.54. The molecule has 2 aromatic rings. The van der Waals surface area contributed by atoms with E-state index in [0.29, 0.717) is 18.1 Å². The SMILES string of the molecule is CCNC(=NCC#Cc1cccc(C(F)(F)F)c1)NC1CCN(c2ccc(C)cn2)CC1. The Kier molecular flexibility index (Phi) is 7.98. The number of rotatable bonds is 4. The van der Waals surface area contributed by atoms with Crippen molar-refractivity contribution in [3.05, 3.63) is 59.3 Å². The molecule has 5 nitrogen and oxygen atoms in total. The fourth-order valence-electron chi connectivity index (χ4n) is 3.45. The molecular weight excluding hydrogens is 415 g/mol. The third-order valence-electron chi connectivity index (χ3n) is 5.14. The van der Waals surface area contributed by atoms with E-state index >= 15 is 0 Å². The average Bonchev–Trinajstić information content (AvgIpc) is 2.77. The molecule has 3 rings (SSSR count). The summed E-state index contributed by atoms with van der Waals surface area (Å²) >= 11 is 0. The van der Waals surface area contributed by atoms with Gasteiger partial charge in [0.2, 0.25) is 0 Å². The van der Waals surface area contributed by atoms with Gasteiger partial charge in [-0.15, -0.1) is 0 Å². The van der Waals surface area contributed by atoms with E-state index in [1.54, 1.807) is 6.07 Å². The van der Waals surface area contributed by atoms with Crippen molar-refractivity contribution in [2.75, 3.05) is 31.1 Å². The Morgan fingerprint density at radius 1 is 1.22 bits per heavy atom. The molecular formula is C24H28F3N5. The van der Waals surface area contributed by atoms with Gasteiger partial charge < -0.3 is 15.5 Å². The summed E-state index contributed by atoms with van der Waals surface area (Å²) < 4.78 is 38.4. The topological polar surface area (TPSA) is 52.6 Å². The van der Waals surface area contributed by atoms with Gasteiger partial charge in [0, 0.05) is 37.4 Å². The number of guanidine groups is 1. The van der Waals surface area contributed by atoms with E-state index in [2.05, 4.69) is 49.5 Å². The summed E-state index contributed by atoms with van der Waals surface area (Å²) in [5.74, 6) is 7.26. The lowest BCUT2D eigenvalue weighted by molar-refractivity contribution is -0.137. The van der Waals surface area contributed by atoms with Crippen LogP contribution in [0.5, 0.6) is 0 Å². The lowest BCUT2D eigenvalue weighted by atomic mass is 10.1. The summed E-state index contributed by atoms with van der Waals surface area (Å²) in [7, 11) is 0. The van der Waals surface area contributed by atoms with Crippen LogP contribution in [0.15, 0.2) is 47.6 Å². The van der Waals surface area contributed by atoms with Crippen LogP contribution in [-0.4, -0.2) is 43.2 Å². The van der Waals surface area contributed by atoms with Gasteiger partial charge in [0.05, 0.1) is 5.56 Å². The third-order valence-corrected chi connectivity index (χ3v) is 5.14. The molecule has 0 unspecified atom stereocenters. The maximum absolute atomic E-state index is 12.8. The van der Waals surface area contributed by atoms with E-state index in [1.807, 2.05) is 20.0 Å². The molecule has 2 N–H and O–H groups in total. The number of hydrogen-bond donors (Lipinski definition) is 2. The van der Waals surface area contributed by atoms with Crippen molar-refractivity contribution in [1.29, 1.82) is 0 Å². The highest BCUT2D eigenvalue weighted by molar-refractivity contribution is 5.80. The maximum atomic E-state index is 12.8. The molecule has 170 valence electrons. The van der Waals surface area contributed by atoms with E-state index in [9.17, 15) is 13.2 Å². The number of halogens is 3. The van der Waals surface area contributed by atoms with Crippen molar-refractivity contribution in [3.63, 3.8) is 0 Å². The van der Waals surface area contributed by atoms with E-state index in [0.717, 1.165) is 49.4 Å². The zero-order chi connectivity index (χ0) is 23.0. The maximum Gasteiger partial charge on any atom is 0.416 e. The number of aromatic nitrogens is 1. The number of nitrogens with one attached hydrogen (secondary N) is 2. The van der Waals surface area contributed by atoms with Gasteiger partial charge in [-0.25, -0.2) is 9.98 Å². The van der Waals surface area contributed by atoms with E-state index in [-0.39, 0.29) is 12.6 Å². The largest absolute Gasteiger partial charge is 0.416 e. The number of aliphatic imine (C=N–C) groups is 1. The molecule has 0 saturated carbocycles. The second-order valence-corrected chi connectivity index (χ2v) is 7.67. The van der Waals surface area contributed by atoms with Crippen LogP contribution < -0.4 is 15.5 Å². The minimum Gasteiger partial charge on any atom is -0.357 e. The monoisotopic (exact) mass is 443 g/mol. The van der Waals surface area contributed by atoms with Gasteiger partial charge in [-0.05, 0) is 56.5 Å². The van der Waals surface area contributed by atoms with Crippen molar-refractivity contribution in [3.8, 4) is 11.8 Å². The Hall–Kier alpha value is -3.21. The molecule has 1 aromatic heterocycles. The van der Waals surface area contributed by atoms with Crippen molar-refractivity contribution in [1.82, 2.24) is 15.6 Å². The predicted molar refractivity (Wildman–Crippen MR) is 122 cm³/mol. The van der Waals surface area contributed by atoms with Gasteiger partial charge in [0.25, 0.3) is 0 Å². The fraction of sp³-hybridized carbons (Fsp3) is 0.417. The van der Waals surface area contributed by atoms with Crippen LogP contribution in [0.1, 0.15) is 36.5 Å². The molecule has 0 amide bonds. The minimum atomic E-state index is -4.37. The molecule has 8 heteroatoms. The number of nitrogens with zero attached hydrogens (tertiary/aromatic N) is 3. The number of hydrogen-bond acceptors (Lipinski definition) is 3. The molecule has 1 aromatic carbocycles. The summed E-state index contributed by atoms with van der Waals surface area (Å²) in [4.78, 5) is 11.2. The van der Waals surface area contributed by atoms with Gasteiger partial charge in [-0.1, -0.05) is 24.0 Å². The number of benzene rings is 1. The first-order valence-electron chi connectivity index (χ1n) is 10.7. The Morgan fingerprint density at radius 3 is 2.66 bits per heavy atom. The zero-order valence-corrected chi connectivity index (χ0v) is 18.3. The van der Waals surface area contributed by atoms with Crippen LogP contribution in [-0.2, 0) is 6.18 Å². The average molecular weight is 444 g/mol. The molecule has 0 spiro atoms. The second kappa shape index (κ2) is 10.9. The van der Waals surface area contributed by atoms with E-state index in [4.69, 9.17) is 0 Å². The highest BCUT2D eigenvalue weighted by Gasteiger charge is 2.30. The standard InChI is InChI=1S/C24H28F3N5/c1-3-28-23(29-13-5-7-19-6-4-8-20(16-19)24(25,26)27)31-21-11-14-32(15-12-21)22-10-9-18(2)17-30-22/h4,6,8-10,16-17,21H,3,11-15H2,1-2H3,(H2,28,29,31). The number of aryl methyl sites for hydroxylation is 1. The Labute approximate surface area is 187 Å². The summed E-state index contributed by atoms with van der Waals surface area (Å²) in [6, 6.07) is 9.42. The lowest BCUT2D eigenvalue weighted by Crippen LogP contribution is -2.49. The van der Waals surface area contributed by atoms with Gasteiger partial charge in [0.15, 0.2) is 5.96 Å². The highest BCUT2D eigenvalue weighted by atomic mass is 19.4. The molecule has 32 heavy (non-hydrogen) atoms. The second-order valence-electron chi connectivity index (χ2n) is 7.67. The molecule has 0 atom stereocenters. The number of piperidine rings is 1. The normalized spacial score (nSPS) is 15.2. The molecule has 1 aliphatic heterocycles. The molecule has 0 aliphatic carbocycles. The number of anilines is 1. The Morgan fingerprint density at radius 2 is 2.00 bits per heavy atom. The first-order valence-corrected chi connectivity index (χ1v) is 10.7. The molecule has 1 aliphatic rings. The minimum absolute atomic E-state index is 0.192. The van der Waals surface area contributed by atoms with Crippen LogP contribution in [0.25, 0.3) is 0 Å². The van der Waals surface area contributed by atoms with Crippen LogP contribution in [0.4, 0.5) is 19.0 Å². The van der Waals surface area contributed by atoms with Gasteiger partial charge >= 0.3 is 6.18 Å². The predicted octanol–water partition coefficient (Wildman–Crippen LogP) is 3.98. The molecule has 1 fully saturated rings. The van der Waals surface area contributed by atoms with Crippen LogP contribution >= 0.6 is 0 Å². The zero-order valence-electron chi connectivity index (χ0n) is 18.3. The third kappa shape index (κ3) is 6.91. The first-order chi connectivity index (χ1) is 15.3. The fourth-order valence-corrected chi connectivity index (χ4v) is 3.45. The van der Waals surface area contributed by atoms with Crippen LogP contribution in [0.3, 0.4) is 0 Å². The summed E-state index contributed by atoms with van der Waals surface area (Å²) in [6.45, 7) is 6.72. The highest BCUT2D eigenvalue weighted by Crippen LogP contribution is 2.29. The number of pyridine rings is 1. The van der Waals surface area contributed by atoms with Gasteiger partial charge in [-0.2, -0.15) is 13.2 Å². The summed E-state index contributed by atoms with van der Waals surface area (Å²) in [5, 5.41) is 6.64. The van der Waals surface area contributed by atoms with Crippen molar-refractivity contribution in [2.45, 2.75) is 38.9 Å². The van der Waals surface area contributed by atoms with Crippen molar-refractivity contribution < 1.29 is 13.2 Å². The van der Waals surface area contributed by atoms with Gasteiger partial charge in [0.1, 0.15) is 12.4 Å². The van der Waals surface area contributed by atoms with E-state index < -0.39 is 11.7 Å². The summed E-state index contributed by atoms with van der Waals surface area (Å²) in [6.07, 6.45) is -0.579. The van der Waals surface area contributed by atoms with Gasteiger partial charge in [-0.3, -0.25) is 0 Å². The molecule has 1 saturated heterocycles. The first kappa shape index (κ1) is 23.5. The summed E-state index contributed by atoms with van der Waals surface area (Å²) in [5.41, 5.74) is 0.771. The van der Waals surface area contributed by atoms with Crippen molar-refractivity contribution in [2.24, 2.45) is 4.99 Å². The van der Waals surface area contributed by atoms with E-state index in [1.165, 1.54) is 6.07 Å². The van der Waals surface area contributed by atoms with Crippen LogP contribution in [0, 0.1) is 18.8 Å². The molecule has 0 radical (unpaired) electrons. The number of alkyl halides is 3. The molecule has 0 bridgehead atoms. The quantitative estimate of drug-likeness (QED) is 0.426.